The third-order valence-corrected chi connectivity index (χ3v) is 6.21. The Morgan fingerprint density at radius 3 is 2.54 bits per heavy atom. The lowest BCUT2D eigenvalue weighted by Gasteiger charge is -2.16. The standard InChI is InChI=1S/C21H20Cl2N2O2S/c1-2-14(11-19(26)25-12-13-3-6-24-7-4-13)21-16(5-8-28-21)15-9-17(22)20(27)18(23)10-15/h3-10,14,27H,2,11-12H2,1H3,(H,25,26). The van der Waals surface area contributed by atoms with E-state index in [0.29, 0.717) is 13.0 Å². The van der Waals surface area contributed by atoms with E-state index in [0.717, 1.165) is 28.0 Å². The van der Waals surface area contributed by atoms with E-state index in [1.807, 2.05) is 23.6 Å². The van der Waals surface area contributed by atoms with Gasteiger partial charge in [0.05, 0.1) is 10.0 Å². The first-order valence-corrected chi connectivity index (χ1v) is 10.5. The molecule has 0 aliphatic carbocycles. The van der Waals surface area contributed by atoms with Gasteiger partial charge in [-0.2, -0.15) is 0 Å². The minimum absolute atomic E-state index is 0.00443. The van der Waals surface area contributed by atoms with Crippen LogP contribution in [-0.4, -0.2) is 16.0 Å². The molecule has 2 aromatic heterocycles. The first-order chi connectivity index (χ1) is 13.5. The number of aromatic hydroxyl groups is 1. The average molecular weight is 435 g/mol. The third-order valence-electron chi connectivity index (χ3n) is 4.56. The Morgan fingerprint density at radius 2 is 1.89 bits per heavy atom. The predicted octanol–water partition coefficient (Wildman–Crippen LogP) is 6.02. The van der Waals surface area contributed by atoms with Gasteiger partial charge >= 0.3 is 0 Å². The van der Waals surface area contributed by atoms with Crippen molar-refractivity contribution in [3.63, 3.8) is 0 Å². The largest absolute Gasteiger partial charge is 0.505 e. The van der Waals surface area contributed by atoms with E-state index in [1.165, 1.54) is 0 Å². The van der Waals surface area contributed by atoms with Crippen LogP contribution in [0.1, 0.15) is 36.1 Å². The van der Waals surface area contributed by atoms with Crippen molar-refractivity contribution in [1.82, 2.24) is 10.3 Å². The number of nitrogens with zero attached hydrogens (tertiary/aromatic N) is 1. The van der Waals surface area contributed by atoms with Gasteiger partial charge in [-0.25, -0.2) is 0 Å². The van der Waals surface area contributed by atoms with Crippen LogP contribution in [0.2, 0.25) is 10.0 Å². The zero-order valence-corrected chi connectivity index (χ0v) is 17.6. The number of halogens is 2. The lowest BCUT2D eigenvalue weighted by molar-refractivity contribution is -0.121. The molecule has 0 aliphatic heterocycles. The highest BCUT2D eigenvalue weighted by atomic mass is 35.5. The monoisotopic (exact) mass is 434 g/mol. The summed E-state index contributed by atoms with van der Waals surface area (Å²) in [6.07, 6.45) is 4.65. The number of aromatic nitrogens is 1. The molecule has 28 heavy (non-hydrogen) atoms. The summed E-state index contributed by atoms with van der Waals surface area (Å²) in [6, 6.07) is 9.16. The van der Waals surface area contributed by atoms with Crippen molar-refractivity contribution < 1.29 is 9.90 Å². The van der Waals surface area contributed by atoms with E-state index in [9.17, 15) is 9.90 Å². The van der Waals surface area contributed by atoms with Crippen LogP contribution in [0.4, 0.5) is 0 Å². The maximum Gasteiger partial charge on any atom is 0.220 e. The number of phenolic OH excluding ortho intramolecular Hbond substituents is 1. The van der Waals surface area contributed by atoms with Crippen molar-refractivity contribution in [2.45, 2.75) is 32.2 Å². The van der Waals surface area contributed by atoms with Gasteiger partial charge in [-0.15, -0.1) is 11.3 Å². The second-order valence-electron chi connectivity index (χ2n) is 6.43. The number of hydrogen-bond donors (Lipinski definition) is 2. The van der Waals surface area contributed by atoms with Gasteiger partial charge in [-0.3, -0.25) is 9.78 Å². The highest BCUT2D eigenvalue weighted by molar-refractivity contribution is 7.10. The number of rotatable bonds is 7. The number of carbonyl (C=O) groups is 1. The molecule has 3 aromatic rings. The Morgan fingerprint density at radius 1 is 1.21 bits per heavy atom. The van der Waals surface area contributed by atoms with E-state index in [-0.39, 0.29) is 27.6 Å². The predicted molar refractivity (Wildman–Crippen MR) is 115 cm³/mol. The van der Waals surface area contributed by atoms with E-state index >= 15 is 0 Å². The molecule has 0 saturated carbocycles. The van der Waals surface area contributed by atoms with Crippen molar-refractivity contribution in [3.8, 4) is 16.9 Å². The summed E-state index contributed by atoms with van der Waals surface area (Å²) in [5.74, 6) is -0.0324. The SMILES string of the molecule is CCC(CC(=O)NCc1ccncc1)c1sccc1-c1cc(Cl)c(O)c(Cl)c1. The second kappa shape index (κ2) is 9.41. The summed E-state index contributed by atoms with van der Waals surface area (Å²) in [4.78, 5) is 17.6. The topological polar surface area (TPSA) is 62.2 Å². The normalized spacial score (nSPS) is 12.0. The van der Waals surface area contributed by atoms with E-state index in [2.05, 4.69) is 17.2 Å². The van der Waals surface area contributed by atoms with Gasteiger partial charge in [0, 0.05) is 36.2 Å². The van der Waals surface area contributed by atoms with Crippen LogP contribution in [0.3, 0.4) is 0 Å². The van der Waals surface area contributed by atoms with Crippen molar-refractivity contribution >= 4 is 40.4 Å². The van der Waals surface area contributed by atoms with E-state index in [1.54, 1.807) is 35.9 Å². The molecule has 7 heteroatoms. The summed E-state index contributed by atoms with van der Waals surface area (Å²) in [7, 11) is 0. The van der Waals surface area contributed by atoms with E-state index in [4.69, 9.17) is 23.2 Å². The zero-order valence-electron chi connectivity index (χ0n) is 15.3. The van der Waals surface area contributed by atoms with Gasteiger partial charge < -0.3 is 10.4 Å². The van der Waals surface area contributed by atoms with Crippen LogP contribution >= 0.6 is 34.5 Å². The van der Waals surface area contributed by atoms with Crippen molar-refractivity contribution in [3.05, 3.63) is 68.6 Å². The Kier molecular flexibility index (Phi) is 6.94. The Labute approximate surface area is 178 Å². The number of carbonyl (C=O) groups excluding carboxylic acids is 1. The van der Waals surface area contributed by atoms with Gasteiger partial charge in [-0.1, -0.05) is 30.1 Å². The van der Waals surface area contributed by atoms with Gasteiger partial charge in [0.2, 0.25) is 5.91 Å². The number of phenols is 1. The van der Waals surface area contributed by atoms with Crippen molar-refractivity contribution in [2.75, 3.05) is 0 Å². The molecule has 1 aromatic carbocycles. The summed E-state index contributed by atoms with van der Waals surface area (Å²) < 4.78 is 0. The molecular weight excluding hydrogens is 415 g/mol. The molecular formula is C21H20Cl2N2O2S. The number of hydrogen-bond acceptors (Lipinski definition) is 4. The molecule has 0 saturated heterocycles. The molecule has 1 atom stereocenters. The summed E-state index contributed by atoms with van der Waals surface area (Å²) in [6.45, 7) is 2.55. The molecule has 0 spiro atoms. The van der Waals surface area contributed by atoms with Crippen molar-refractivity contribution in [1.29, 1.82) is 0 Å². The molecule has 0 radical (unpaired) electrons. The van der Waals surface area contributed by atoms with Crippen LogP contribution in [0.15, 0.2) is 48.1 Å². The van der Waals surface area contributed by atoms with Crippen molar-refractivity contribution in [2.24, 2.45) is 0 Å². The molecule has 0 aliphatic rings. The smallest absolute Gasteiger partial charge is 0.220 e. The zero-order chi connectivity index (χ0) is 20.1. The maximum absolute atomic E-state index is 12.5. The number of benzene rings is 1. The molecule has 0 bridgehead atoms. The Balaban J connectivity index is 1.75. The average Bonchev–Trinajstić information content (AvgIpc) is 3.18. The minimum atomic E-state index is -0.119. The second-order valence-corrected chi connectivity index (χ2v) is 8.19. The van der Waals surface area contributed by atoms with Gasteiger partial charge in [-0.05, 0) is 58.8 Å². The van der Waals surface area contributed by atoms with Gasteiger partial charge in [0.25, 0.3) is 0 Å². The number of amides is 1. The van der Waals surface area contributed by atoms with Crippen LogP contribution in [-0.2, 0) is 11.3 Å². The Hall–Kier alpha value is -2.08. The third kappa shape index (κ3) is 4.85. The van der Waals surface area contributed by atoms with Crippen LogP contribution in [0.5, 0.6) is 5.75 Å². The first kappa shape index (κ1) is 20.6. The first-order valence-electron chi connectivity index (χ1n) is 8.91. The lowest BCUT2D eigenvalue weighted by Crippen LogP contribution is -2.24. The van der Waals surface area contributed by atoms with Crippen LogP contribution in [0.25, 0.3) is 11.1 Å². The number of nitrogens with one attached hydrogen (secondary N) is 1. The van der Waals surface area contributed by atoms with Gasteiger partial charge in [0.15, 0.2) is 5.75 Å². The summed E-state index contributed by atoms with van der Waals surface area (Å²) in [5, 5.41) is 15.2. The fourth-order valence-corrected chi connectivity index (χ4v) is 4.61. The minimum Gasteiger partial charge on any atom is -0.505 e. The van der Waals surface area contributed by atoms with E-state index < -0.39 is 0 Å². The Bertz CT molecular complexity index is 937. The molecule has 1 unspecified atom stereocenters. The lowest BCUT2D eigenvalue weighted by atomic mass is 9.94. The van der Waals surface area contributed by atoms with Crippen LogP contribution in [0, 0.1) is 0 Å². The molecule has 4 nitrogen and oxygen atoms in total. The molecule has 146 valence electrons. The molecule has 3 rings (SSSR count). The molecule has 2 N–H and O–H groups in total. The molecule has 0 fully saturated rings. The fourth-order valence-electron chi connectivity index (χ4n) is 3.02. The highest BCUT2D eigenvalue weighted by Gasteiger charge is 2.20. The van der Waals surface area contributed by atoms with Crippen LogP contribution < -0.4 is 5.32 Å². The quantitative estimate of drug-likeness (QED) is 0.477. The summed E-state index contributed by atoms with van der Waals surface area (Å²) in [5.41, 5.74) is 2.84. The molecule has 2 heterocycles. The highest BCUT2D eigenvalue weighted by Crippen LogP contribution is 2.41. The number of thiophene rings is 1. The number of pyridine rings is 1. The van der Waals surface area contributed by atoms with Gasteiger partial charge in [0.1, 0.15) is 0 Å². The summed E-state index contributed by atoms with van der Waals surface area (Å²) >= 11 is 13.8. The maximum atomic E-state index is 12.5. The fraction of sp³-hybridized carbons (Fsp3) is 0.238. The molecule has 1 amide bonds.